The van der Waals surface area contributed by atoms with E-state index >= 15 is 0 Å². The molecule has 0 spiro atoms. The lowest BCUT2D eigenvalue weighted by atomic mass is 9.93. The third-order valence-corrected chi connectivity index (χ3v) is 11.1. The van der Waals surface area contributed by atoms with Crippen molar-refractivity contribution in [2.75, 3.05) is 0 Å². The Labute approximate surface area is 313 Å². The first-order valence-corrected chi connectivity index (χ1v) is 18.6. The summed E-state index contributed by atoms with van der Waals surface area (Å²) in [7, 11) is 0. The van der Waals surface area contributed by atoms with Crippen LogP contribution in [-0.4, -0.2) is 9.13 Å². The Morgan fingerprint density at radius 2 is 0.630 bits per heavy atom. The molecule has 54 heavy (non-hydrogen) atoms. The minimum atomic E-state index is 1.14. The van der Waals surface area contributed by atoms with Crippen LogP contribution in [0.2, 0.25) is 0 Å². The van der Waals surface area contributed by atoms with E-state index in [0.717, 1.165) is 5.69 Å². The van der Waals surface area contributed by atoms with E-state index in [1.807, 2.05) is 0 Å². The third-order valence-electron chi connectivity index (χ3n) is 11.1. The van der Waals surface area contributed by atoms with Crippen molar-refractivity contribution in [3.63, 3.8) is 0 Å². The Morgan fingerprint density at radius 1 is 0.222 bits per heavy atom. The summed E-state index contributed by atoms with van der Waals surface area (Å²) < 4.78 is 4.85. The van der Waals surface area contributed by atoms with Gasteiger partial charge in [0.1, 0.15) is 0 Å². The van der Waals surface area contributed by atoms with Gasteiger partial charge < -0.3 is 9.13 Å². The lowest BCUT2D eigenvalue weighted by molar-refractivity contribution is 1.18. The van der Waals surface area contributed by atoms with Crippen molar-refractivity contribution < 1.29 is 0 Å². The van der Waals surface area contributed by atoms with Gasteiger partial charge in [0.2, 0.25) is 0 Å². The fourth-order valence-corrected chi connectivity index (χ4v) is 8.69. The predicted octanol–water partition coefficient (Wildman–Crippen LogP) is 14.0. The van der Waals surface area contributed by atoms with Gasteiger partial charge in [-0.25, -0.2) is 0 Å². The first-order valence-electron chi connectivity index (χ1n) is 18.6. The minimum Gasteiger partial charge on any atom is -0.309 e. The number of hydrogen-bond donors (Lipinski definition) is 0. The number of fused-ring (bicyclic) bond motifs is 9. The lowest BCUT2D eigenvalue weighted by Gasteiger charge is -2.14. The van der Waals surface area contributed by atoms with E-state index in [1.165, 1.54) is 93.5 Å². The largest absolute Gasteiger partial charge is 0.309 e. The van der Waals surface area contributed by atoms with Crippen LogP contribution < -0.4 is 0 Å². The maximum absolute atomic E-state index is 2.45. The highest BCUT2D eigenvalue weighted by molar-refractivity contribution is 6.29. The van der Waals surface area contributed by atoms with E-state index in [9.17, 15) is 0 Å². The van der Waals surface area contributed by atoms with Crippen molar-refractivity contribution >= 4 is 54.4 Å². The molecule has 252 valence electrons. The highest BCUT2D eigenvalue weighted by atomic mass is 15.0. The molecule has 0 saturated heterocycles. The fraction of sp³-hybridized carbons (Fsp3) is 0. The van der Waals surface area contributed by atoms with E-state index in [-0.39, 0.29) is 0 Å². The van der Waals surface area contributed by atoms with Gasteiger partial charge in [-0.1, -0.05) is 140 Å². The van der Waals surface area contributed by atoms with Gasteiger partial charge >= 0.3 is 0 Å². The standard InChI is InChI=1S/C52H34N2/c1-4-15-35(16-5-1)38-31-39(36-17-6-2-7-18-36)33-40(32-38)37-19-14-22-42(34-37)54-48-26-13-11-24-46(48)52-44-27-29-49-51(43(44)28-30-50(52)54)45-23-10-12-25-47(45)53(49)41-20-8-3-9-21-41/h1-34H. The molecule has 0 aliphatic rings. The third kappa shape index (κ3) is 4.74. The molecule has 0 fully saturated rings. The van der Waals surface area contributed by atoms with Crippen molar-refractivity contribution in [3.05, 3.63) is 206 Å². The summed E-state index contributed by atoms with van der Waals surface area (Å²) in [5, 5.41) is 7.64. The average Bonchev–Trinajstić information content (AvgIpc) is 3.78. The quantitative estimate of drug-likeness (QED) is 0.171. The maximum Gasteiger partial charge on any atom is 0.0547 e. The average molecular weight is 687 g/mol. The Bertz CT molecular complexity index is 3130. The van der Waals surface area contributed by atoms with Crippen LogP contribution in [0.5, 0.6) is 0 Å². The monoisotopic (exact) mass is 686 g/mol. The zero-order valence-electron chi connectivity index (χ0n) is 29.5. The molecule has 11 rings (SSSR count). The molecule has 9 aromatic carbocycles. The van der Waals surface area contributed by atoms with Gasteiger partial charge in [0.15, 0.2) is 0 Å². The fourth-order valence-electron chi connectivity index (χ4n) is 8.69. The second kappa shape index (κ2) is 12.2. The SMILES string of the molecule is c1ccc(-c2cc(-c3ccccc3)cc(-c3cccc(-n4c5ccccc5c5c6ccc7c(c6ccc54)c4ccccc4n7-c4ccccc4)c3)c2)cc1. The van der Waals surface area contributed by atoms with Gasteiger partial charge in [-0.05, 0) is 111 Å². The van der Waals surface area contributed by atoms with Crippen LogP contribution in [0.1, 0.15) is 0 Å². The Morgan fingerprint density at radius 3 is 1.17 bits per heavy atom. The zero-order valence-corrected chi connectivity index (χ0v) is 29.5. The topological polar surface area (TPSA) is 9.86 Å². The van der Waals surface area contributed by atoms with Crippen LogP contribution >= 0.6 is 0 Å². The van der Waals surface area contributed by atoms with Crippen LogP contribution in [0.4, 0.5) is 0 Å². The Kier molecular flexibility index (Phi) is 6.90. The molecular formula is C52H34N2. The van der Waals surface area contributed by atoms with Crippen molar-refractivity contribution in [2.45, 2.75) is 0 Å². The normalized spacial score (nSPS) is 11.7. The number of hydrogen-bond acceptors (Lipinski definition) is 0. The number of para-hydroxylation sites is 3. The molecule has 11 aromatic rings. The number of rotatable bonds is 5. The molecule has 0 aliphatic carbocycles. The summed E-state index contributed by atoms with van der Waals surface area (Å²) in [5.74, 6) is 0. The van der Waals surface area contributed by atoms with E-state index in [0.29, 0.717) is 0 Å². The van der Waals surface area contributed by atoms with Crippen LogP contribution in [0, 0.1) is 0 Å². The van der Waals surface area contributed by atoms with Gasteiger partial charge in [0.05, 0.1) is 22.1 Å². The molecule has 0 atom stereocenters. The van der Waals surface area contributed by atoms with Gasteiger partial charge in [-0.15, -0.1) is 0 Å². The van der Waals surface area contributed by atoms with Crippen molar-refractivity contribution in [1.29, 1.82) is 0 Å². The number of benzene rings is 9. The first kappa shape index (κ1) is 30.5. The molecule has 2 aromatic heterocycles. The van der Waals surface area contributed by atoms with Gasteiger partial charge in [0.25, 0.3) is 0 Å². The molecule has 0 radical (unpaired) electrons. The molecule has 0 saturated carbocycles. The second-order valence-corrected chi connectivity index (χ2v) is 14.1. The number of aromatic nitrogens is 2. The Hall–Kier alpha value is -7.16. The first-order chi connectivity index (χ1) is 26.8. The van der Waals surface area contributed by atoms with Crippen molar-refractivity contribution in [1.82, 2.24) is 9.13 Å². The van der Waals surface area contributed by atoms with E-state index in [1.54, 1.807) is 0 Å². The molecule has 0 amide bonds. The molecule has 0 N–H and O–H groups in total. The zero-order chi connectivity index (χ0) is 35.6. The highest BCUT2D eigenvalue weighted by Crippen LogP contribution is 2.43. The predicted molar refractivity (Wildman–Crippen MR) is 229 cm³/mol. The lowest BCUT2D eigenvalue weighted by Crippen LogP contribution is -1.95. The summed E-state index contributed by atoms with van der Waals surface area (Å²) >= 11 is 0. The van der Waals surface area contributed by atoms with Gasteiger partial charge in [-0.3, -0.25) is 0 Å². The van der Waals surface area contributed by atoms with Crippen LogP contribution in [-0.2, 0) is 0 Å². The number of nitrogens with zero attached hydrogens (tertiary/aromatic N) is 2. The molecule has 2 heteroatoms. The molecule has 0 unspecified atom stereocenters. The van der Waals surface area contributed by atoms with Crippen LogP contribution in [0.15, 0.2) is 206 Å². The smallest absolute Gasteiger partial charge is 0.0547 e. The van der Waals surface area contributed by atoms with Crippen LogP contribution in [0.3, 0.4) is 0 Å². The Balaban J connectivity index is 1.14. The van der Waals surface area contributed by atoms with E-state index in [4.69, 9.17) is 0 Å². The molecule has 2 nitrogen and oxygen atoms in total. The van der Waals surface area contributed by atoms with Crippen molar-refractivity contribution in [2.24, 2.45) is 0 Å². The van der Waals surface area contributed by atoms with Gasteiger partial charge in [-0.2, -0.15) is 0 Å². The molecule has 0 bridgehead atoms. The molecule has 0 aliphatic heterocycles. The minimum absolute atomic E-state index is 1.14. The highest BCUT2D eigenvalue weighted by Gasteiger charge is 2.19. The maximum atomic E-state index is 2.45. The van der Waals surface area contributed by atoms with E-state index in [2.05, 4.69) is 215 Å². The summed E-state index contributed by atoms with van der Waals surface area (Å²) in [4.78, 5) is 0. The van der Waals surface area contributed by atoms with Crippen LogP contribution in [0.25, 0.3) is 99.1 Å². The van der Waals surface area contributed by atoms with E-state index < -0.39 is 0 Å². The molecule has 2 heterocycles. The van der Waals surface area contributed by atoms with Crippen molar-refractivity contribution in [3.8, 4) is 44.8 Å². The summed E-state index contributed by atoms with van der Waals surface area (Å²) in [6, 6.07) is 75.1. The van der Waals surface area contributed by atoms with Gasteiger partial charge in [0, 0.05) is 32.9 Å². The molecular weight excluding hydrogens is 653 g/mol. The second-order valence-electron chi connectivity index (χ2n) is 14.1. The summed E-state index contributed by atoms with van der Waals surface area (Å²) in [5.41, 5.74) is 14.4. The summed E-state index contributed by atoms with van der Waals surface area (Å²) in [6.45, 7) is 0. The summed E-state index contributed by atoms with van der Waals surface area (Å²) in [6.07, 6.45) is 0.